The monoisotopic (exact) mass is 367 g/mol. The summed E-state index contributed by atoms with van der Waals surface area (Å²) in [7, 11) is 1.78. The van der Waals surface area contributed by atoms with E-state index in [0.29, 0.717) is 24.1 Å². The molecule has 3 rings (SSSR count). The molecule has 3 aromatic heterocycles. The molecule has 8 heteroatoms. The fraction of sp³-hybridized carbons (Fsp3) is 0.308. The summed E-state index contributed by atoms with van der Waals surface area (Å²) in [5.74, 6) is 0. The first-order valence-corrected chi connectivity index (χ1v) is 8.13. The molecule has 6 nitrogen and oxygen atoms in total. The molecule has 21 heavy (non-hydrogen) atoms. The van der Waals surface area contributed by atoms with Crippen molar-refractivity contribution in [2.75, 3.05) is 6.54 Å². The number of hydrogen-bond acceptors (Lipinski definition) is 5. The maximum atomic E-state index is 12.2. The standard InChI is InChI=1S/C13H14BrN5OS/c1-18-12-11(6-17-18)13(20)19(8-16-12)3-2-15-5-10-4-9(14)7-21-10/h4,6-8,15H,2-3,5H2,1H3. The molecule has 0 bridgehead atoms. The van der Waals surface area contributed by atoms with E-state index in [9.17, 15) is 4.79 Å². The van der Waals surface area contributed by atoms with Crippen LogP contribution >= 0.6 is 27.3 Å². The highest BCUT2D eigenvalue weighted by Gasteiger charge is 2.07. The van der Waals surface area contributed by atoms with Crippen LogP contribution in [0.1, 0.15) is 4.88 Å². The maximum absolute atomic E-state index is 12.2. The Morgan fingerprint density at radius 2 is 2.33 bits per heavy atom. The first-order chi connectivity index (χ1) is 10.1. The van der Waals surface area contributed by atoms with Crippen molar-refractivity contribution in [2.45, 2.75) is 13.1 Å². The van der Waals surface area contributed by atoms with Crippen molar-refractivity contribution in [1.82, 2.24) is 24.6 Å². The van der Waals surface area contributed by atoms with Gasteiger partial charge >= 0.3 is 0 Å². The quantitative estimate of drug-likeness (QED) is 0.697. The van der Waals surface area contributed by atoms with Crippen LogP contribution in [0.15, 0.2) is 33.2 Å². The van der Waals surface area contributed by atoms with Crippen molar-refractivity contribution in [2.24, 2.45) is 7.05 Å². The highest BCUT2D eigenvalue weighted by molar-refractivity contribution is 9.10. The second-order valence-corrected chi connectivity index (χ2v) is 6.57. The van der Waals surface area contributed by atoms with Gasteiger partial charge in [-0.2, -0.15) is 5.10 Å². The summed E-state index contributed by atoms with van der Waals surface area (Å²) in [4.78, 5) is 17.8. The average molecular weight is 368 g/mol. The fourth-order valence-electron chi connectivity index (χ4n) is 2.08. The van der Waals surface area contributed by atoms with E-state index in [2.05, 4.69) is 42.8 Å². The van der Waals surface area contributed by atoms with Crippen molar-refractivity contribution >= 4 is 38.3 Å². The largest absolute Gasteiger partial charge is 0.310 e. The SMILES string of the molecule is Cn1ncc2c(=O)n(CCNCc3cc(Br)cs3)cnc21. The van der Waals surface area contributed by atoms with Gasteiger partial charge in [0, 0.05) is 41.4 Å². The molecule has 0 aliphatic heterocycles. The zero-order valence-corrected chi connectivity index (χ0v) is 13.8. The lowest BCUT2D eigenvalue weighted by atomic mass is 10.4. The van der Waals surface area contributed by atoms with Gasteiger partial charge in [0.2, 0.25) is 0 Å². The Hall–Kier alpha value is -1.51. The van der Waals surface area contributed by atoms with Gasteiger partial charge in [-0.15, -0.1) is 11.3 Å². The van der Waals surface area contributed by atoms with Crippen LogP contribution in [0.5, 0.6) is 0 Å². The Balaban J connectivity index is 1.63. The first-order valence-electron chi connectivity index (χ1n) is 6.46. The van der Waals surface area contributed by atoms with E-state index in [1.807, 2.05) is 0 Å². The molecule has 3 heterocycles. The third-order valence-electron chi connectivity index (χ3n) is 3.17. The summed E-state index contributed by atoms with van der Waals surface area (Å²) < 4.78 is 4.32. The van der Waals surface area contributed by atoms with Gasteiger partial charge in [0.1, 0.15) is 11.7 Å². The molecule has 3 aromatic rings. The Kier molecular flexibility index (Phi) is 4.18. The van der Waals surface area contributed by atoms with Gasteiger partial charge < -0.3 is 5.32 Å². The summed E-state index contributed by atoms with van der Waals surface area (Å²) >= 11 is 5.14. The number of nitrogens with one attached hydrogen (secondary N) is 1. The Morgan fingerprint density at radius 3 is 3.10 bits per heavy atom. The second kappa shape index (κ2) is 6.08. The Morgan fingerprint density at radius 1 is 1.48 bits per heavy atom. The van der Waals surface area contributed by atoms with Gasteiger partial charge in [-0.05, 0) is 22.0 Å². The van der Waals surface area contributed by atoms with Crippen LogP contribution in [0.25, 0.3) is 11.0 Å². The number of fused-ring (bicyclic) bond motifs is 1. The van der Waals surface area contributed by atoms with Crippen molar-refractivity contribution in [3.05, 3.63) is 43.7 Å². The van der Waals surface area contributed by atoms with E-state index in [4.69, 9.17) is 0 Å². The lowest BCUT2D eigenvalue weighted by Crippen LogP contribution is -2.27. The predicted octanol–water partition coefficient (Wildman–Crippen LogP) is 1.74. The number of rotatable bonds is 5. The third kappa shape index (κ3) is 3.07. The topological polar surface area (TPSA) is 64.7 Å². The number of halogens is 1. The van der Waals surface area contributed by atoms with E-state index < -0.39 is 0 Å². The molecule has 0 fully saturated rings. The molecule has 0 saturated carbocycles. The van der Waals surface area contributed by atoms with Gasteiger partial charge in [0.25, 0.3) is 5.56 Å². The fourth-order valence-corrected chi connectivity index (χ4v) is 3.50. The van der Waals surface area contributed by atoms with E-state index in [-0.39, 0.29) is 5.56 Å². The van der Waals surface area contributed by atoms with E-state index >= 15 is 0 Å². The molecule has 0 aromatic carbocycles. The second-order valence-electron chi connectivity index (χ2n) is 4.66. The van der Waals surface area contributed by atoms with E-state index in [0.717, 1.165) is 11.0 Å². The number of hydrogen-bond donors (Lipinski definition) is 1. The lowest BCUT2D eigenvalue weighted by Gasteiger charge is -2.06. The number of aromatic nitrogens is 4. The van der Waals surface area contributed by atoms with Crippen LogP contribution in [0.3, 0.4) is 0 Å². The van der Waals surface area contributed by atoms with Gasteiger partial charge in [-0.1, -0.05) is 0 Å². The Labute approximate surface area is 133 Å². The average Bonchev–Trinajstić information content (AvgIpc) is 3.04. The van der Waals surface area contributed by atoms with Crippen LogP contribution in [0, 0.1) is 0 Å². The molecule has 110 valence electrons. The Bertz CT molecular complexity index is 821. The number of aryl methyl sites for hydroxylation is 1. The molecule has 0 unspecified atom stereocenters. The third-order valence-corrected chi connectivity index (χ3v) is 4.87. The summed E-state index contributed by atoms with van der Waals surface area (Å²) in [6.45, 7) is 2.10. The summed E-state index contributed by atoms with van der Waals surface area (Å²) in [6.07, 6.45) is 3.15. The zero-order chi connectivity index (χ0) is 14.8. The lowest BCUT2D eigenvalue weighted by molar-refractivity contribution is 0.584. The van der Waals surface area contributed by atoms with Crippen molar-refractivity contribution in [1.29, 1.82) is 0 Å². The summed E-state index contributed by atoms with van der Waals surface area (Å²) in [5.41, 5.74) is 0.571. The zero-order valence-electron chi connectivity index (χ0n) is 11.4. The summed E-state index contributed by atoms with van der Waals surface area (Å²) in [6, 6.07) is 2.09. The minimum Gasteiger partial charge on any atom is -0.310 e. The highest BCUT2D eigenvalue weighted by Crippen LogP contribution is 2.19. The molecule has 1 N–H and O–H groups in total. The molecule has 0 atom stereocenters. The van der Waals surface area contributed by atoms with Crippen LogP contribution in [-0.4, -0.2) is 25.9 Å². The predicted molar refractivity (Wildman–Crippen MR) is 86.5 cm³/mol. The van der Waals surface area contributed by atoms with Crippen LogP contribution in [0.4, 0.5) is 0 Å². The molecule has 0 amide bonds. The minimum absolute atomic E-state index is 0.0474. The highest BCUT2D eigenvalue weighted by atomic mass is 79.9. The molecular weight excluding hydrogens is 354 g/mol. The molecule has 0 aliphatic rings. The number of thiophene rings is 1. The van der Waals surface area contributed by atoms with Crippen LogP contribution in [-0.2, 0) is 20.1 Å². The molecular formula is C13H14BrN5OS. The van der Waals surface area contributed by atoms with E-state index in [1.165, 1.54) is 4.88 Å². The number of nitrogens with zero attached hydrogens (tertiary/aromatic N) is 4. The molecule has 0 spiro atoms. The molecule has 0 aliphatic carbocycles. The smallest absolute Gasteiger partial charge is 0.264 e. The van der Waals surface area contributed by atoms with Gasteiger partial charge in [-0.3, -0.25) is 14.0 Å². The van der Waals surface area contributed by atoms with Gasteiger partial charge in [0.05, 0.1) is 6.20 Å². The minimum atomic E-state index is -0.0474. The molecule has 0 radical (unpaired) electrons. The van der Waals surface area contributed by atoms with Crippen LogP contribution in [0.2, 0.25) is 0 Å². The normalized spacial score (nSPS) is 11.3. The molecule has 0 saturated heterocycles. The van der Waals surface area contributed by atoms with Gasteiger partial charge in [0.15, 0.2) is 5.65 Å². The van der Waals surface area contributed by atoms with Crippen molar-refractivity contribution in [3.63, 3.8) is 0 Å². The summed E-state index contributed by atoms with van der Waals surface area (Å²) in [5, 5.41) is 10.00. The van der Waals surface area contributed by atoms with Crippen molar-refractivity contribution < 1.29 is 0 Å². The first kappa shape index (κ1) is 14.4. The van der Waals surface area contributed by atoms with Crippen LogP contribution < -0.4 is 10.9 Å². The van der Waals surface area contributed by atoms with Crippen molar-refractivity contribution in [3.8, 4) is 0 Å². The van der Waals surface area contributed by atoms with E-state index in [1.54, 1.807) is 40.2 Å². The van der Waals surface area contributed by atoms with Gasteiger partial charge in [-0.25, -0.2) is 4.98 Å². The maximum Gasteiger partial charge on any atom is 0.264 e.